The van der Waals surface area contributed by atoms with Crippen LogP contribution in [0, 0.1) is 12.7 Å². The molecule has 2 nitrogen and oxygen atoms in total. The van der Waals surface area contributed by atoms with E-state index >= 15 is 0 Å². The summed E-state index contributed by atoms with van der Waals surface area (Å²) in [6, 6.07) is 4.33. The Hall–Kier alpha value is -1.07. The number of nitrogens with two attached hydrogens (primary N) is 1. The SMILES string of the molecule is Cc1ccc(F)cc1CC(N)CCOCC(F)F. The second kappa shape index (κ2) is 7.38. The van der Waals surface area contributed by atoms with Crippen LogP contribution in [0.1, 0.15) is 17.5 Å². The number of rotatable bonds is 7. The van der Waals surface area contributed by atoms with Gasteiger partial charge in [0, 0.05) is 12.6 Å². The number of hydrogen-bond acceptors (Lipinski definition) is 2. The molecule has 0 amide bonds. The highest BCUT2D eigenvalue weighted by Gasteiger charge is 2.08. The Bertz CT molecular complexity index is 371. The minimum atomic E-state index is -2.45. The fourth-order valence-electron chi connectivity index (χ4n) is 1.65. The van der Waals surface area contributed by atoms with Gasteiger partial charge in [-0.3, -0.25) is 0 Å². The molecule has 102 valence electrons. The first-order valence-electron chi connectivity index (χ1n) is 5.85. The molecule has 0 aliphatic heterocycles. The molecular formula is C13H18F3NO. The van der Waals surface area contributed by atoms with Crippen LogP contribution in [0.25, 0.3) is 0 Å². The Morgan fingerprint density at radius 3 is 2.72 bits per heavy atom. The van der Waals surface area contributed by atoms with Crippen molar-refractivity contribution in [3.05, 3.63) is 35.1 Å². The van der Waals surface area contributed by atoms with Gasteiger partial charge in [0.1, 0.15) is 12.4 Å². The van der Waals surface area contributed by atoms with Crippen molar-refractivity contribution in [2.75, 3.05) is 13.2 Å². The molecule has 0 aromatic heterocycles. The molecule has 1 atom stereocenters. The summed E-state index contributed by atoms with van der Waals surface area (Å²) in [5.41, 5.74) is 7.67. The van der Waals surface area contributed by atoms with Crippen molar-refractivity contribution in [2.45, 2.75) is 32.2 Å². The third-order valence-electron chi connectivity index (χ3n) is 2.67. The van der Waals surface area contributed by atoms with E-state index in [0.29, 0.717) is 12.8 Å². The predicted molar refractivity (Wildman–Crippen MR) is 64.3 cm³/mol. The predicted octanol–water partition coefficient (Wildman–Crippen LogP) is 2.68. The van der Waals surface area contributed by atoms with Gasteiger partial charge >= 0.3 is 0 Å². The molecule has 1 aromatic carbocycles. The smallest absolute Gasteiger partial charge is 0.261 e. The van der Waals surface area contributed by atoms with Gasteiger partial charge in [0.05, 0.1) is 0 Å². The normalized spacial score (nSPS) is 13.0. The van der Waals surface area contributed by atoms with Gasteiger partial charge in [-0.15, -0.1) is 0 Å². The van der Waals surface area contributed by atoms with Crippen LogP contribution in [0.15, 0.2) is 18.2 Å². The van der Waals surface area contributed by atoms with Gasteiger partial charge in [0.2, 0.25) is 0 Å². The van der Waals surface area contributed by atoms with Crippen LogP contribution in [0.4, 0.5) is 13.2 Å². The molecule has 0 saturated heterocycles. The fraction of sp³-hybridized carbons (Fsp3) is 0.538. The summed E-state index contributed by atoms with van der Waals surface area (Å²) in [7, 11) is 0. The zero-order valence-corrected chi connectivity index (χ0v) is 10.3. The molecule has 0 heterocycles. The van der Waals surface area contributed by atoms with Crippen LogP contribution < -0.4 is 5.73 Å². The second-order valence-electron chi connectivity index (χ2n) is 4.29. The number of hydrogen-bond donors (Lipinski definition) is 1. The molecule has 0 spiro atoms. The van der Waals surface area contributed by atoms with Crippen molar-refractivity contribution in [1.29, 1.82) is 0 Å². The molecule has 0 bridgehead atoms. The average Bonchev–Trinajstić information content (AvgIpc) is 2.29. The minimum absolute atomic E-state index is 0.194. The van der Waals surface area contributed by atoms with E-state index in [0.717, 1.165) is 11.1 Å². The van der Waals surface area contributed by atoms with Gasteiger partial charge in [-0.1, -0.05) is 6.07 Å². The van der Waals surface area contributed by atoms with Crippen molar-refractivity contribution in [2.24, 2.45) is 5.73 Å². The van der Waals surface area contributed by atoms with Crippen molar-refractivity contribution in [3.8, 4) is 0 Å². The number of halogens is 3. The van der Waals surface area contributed by atoms with Crippen LogP contribution in [-0.2, 0) is 11.2 Å². The van der Waals surface area contributed by atoms with Crippen LogP contribution in [0.2, 0.25) is 0 Å². The molecule has 0 aliphatic rings. The van der Waals surface area contributed by atoms with E-state index in [1.807, 2.05) is 6.92 Å². The monoisotopic (exact) mass is 261 g/mol. The van der Waals surface area contributed by atoms with E-state index in [4.69, 9.17) is 10.5 Å². The molecule has 0 radical (unpaired) electrons. The summed E-state index contributed by atoms with van der Waals surface area (Å²) in [5, 5.41) is 0. The van der Waals surface area contributed by atoms with Gasteiger partial charge in [-0.2, -0.15) is 0 Å². The quantitative estimate of drug-likeness (QED) is 0.766. The van der Waals surface area contributed by atoms with Gasteiger partial charge in [-0.05, 0) is 43.0 Å². The molecule has 0 fully saturated rings. The third kappa shape index (κ3) is 5.51. The lowest BCUT2D eigenvalue weighted by Gasteiger charge is -2.13. The van der Waals surface area contributed by atoms with Gasteiger partial charge in [0.15, 0.2) is 0 Å². The molecule has 1 unspecified atom stereocenters. The maximum atomic E-state index is 13.0. The fourth-order valence-corrected chi connectivity index (χ4v) is 1.65. The first-order valence-corrected chi connectivity index (χ1v) is 5.85. The summed E-state index contributed by atoms with van der Waals surface area (Å²) >= 11 is 0. The van der Waals surface area contributed by atoms with E-state index in [1.165, 1.54) is 12.1 Å². The third-order valence-corrected chi connectivity index (χ3v) is 2.67. The summed E-state index contributed by atoms with van der Waals surface area (Å²) < 4.78 is 41.4. The lowest BCUT2D eigenvalue weighted by molar-refractivity contribution is 0.0153. The molecule has 1 aromatic rings. The van der Waals surface area contributed by atoms with E-state index in [1.54, 1.807) is 6.07 Å². The van der Waals surface area contributed by atoms with Crippen molar-refractivity contribution >= 4 is 0 Å². The molecule has 1 rings (SSSR count). The maximum Gasteiger partial charge on any atom is 0.261 e. The van der Waals surface area contributed by atoms with Crippen molar-refractivity contribution in [3.63, 3.8) is 0 Å². The van der Waals surface area contributed by atoms with Crippen molar-refractivity contribution in [1.82, 2.24) is 0 Å². The maximum absolute atomic E-state index is 13.0. The number of aryl methyl sites for hydroxylation is 1. The Kier molecular flexibility index (Phi) is 6.15. The summed E-state index contributed by atoms with van der Waals surface area (Å²) in [5.74, 6) is -0.295. The van der Waals surface area contributed by atoms with Crippen LogP contribution in [-0.4, -0.2) is 25.7 Å². The Labute approximate surface area is 105 Å². The number of ether oxygens (including phenoxy) is 1. The van der Waals surface area contributed by atoms with E-state index in [-0.39, 0.29) is 18.5 Å². The average molecular weight is 261 g/mol. The standard InChI is InChI=1S/C13H18F3NO/c1-9-2-3-11(14)6-10(9)7-12(17)4-5-18-8-13(15)16/h2-3,6,12-13H,4-5,7-8,17H2,1H3. The highest BCUT2D eigenvalue weighted by molar-refractivity contribution is 5.27. The Morgan fingerprint density at radius 1 is 1.33 bits per heavy atom. The van der Waals surface area contributed by atoms with Crippen molar-refractivity contribution < 1.29 is 17.9 Å². The highest BCUT2D eigenvalue weighted by Crippen LogP contribution is 2.13. The Morgan fingerprint density at radius 2 is 2.06 bits per heavy atom. The first-order chi connectivity index (χ1) is 8.49. The molecule has 5 heteroatoms. The van der Waals surface area contributed by atoms with Crippen LogP contribution in [0.5, 0.6) is 0 Å². The molecule has 0 aliphatic carbocycles. The molecular weight excluding hydrogens is 243 g/mol. The lowest BCUT2D eigenvalue weighted by atomic mass is 10.00. The van der Waals surface area contributed by atoms with Crippen LogP contribution in [0.3, 0.4) is 0 Å². The summed E-state index contributed by atoms with van der Waals surface area (Å²) in [6.45, 7) is 1.51. The minimum Gasteiger partial charge on any atom is -0.375 e. The number of alkyl halides is 2. The zero-order valence-electron chi connectivity index (χ0n) is 10.3. The van der Waals surface area contributed by atoms with E-state index in [9.17, 15) is 13.2 Å². The van der Waals surface area contributed by atoms with E-state index < -0.39 is 13.0 Å². The molecule has 18 heavy (non-hydrogen) atoms. The van der Waals surface area contributed by atoms with Gasteiger partial charge in [0.25, 0.3) is 6.43 Å². The lowest BCUT2D eigenvalue weighted by Crippen LogP contribution is -2.25. The van der Waals surface area contributed by atoms with E-state index in [2.05, 4.69) is 0 Å². The topological polar surface area (TPSA) is 35.2 Å². The summed E-state index contributed by atoms with van der Waals surface area (Å²) in [6.07, 6.45) is -1.46. The second-order valence-corrected chi connectivity index (χ2v) is 4.29. The molecule has 0 saturated carbocycles. The zero-order chi connectivity index (χ0) is 13.5. The van der Waals surface area contributed by atoms with Gasteiger partial charge in [-0.25, -0.2) is 13.2 Å². The largest absolute Gasteiger partial charge is 0.375 e. The number of benzene rings is 1. The Balaban J connectivity index is 2.35. The summed E-state index contributed by atoms with van der Waals surface area (Å²) in [4.78, 5) is 0. The van der Waals surface area contributed by atoms with Gasteiger partial charge < -0.3 is 10.5 Å². The first kappa shape index (κ1) is 15.0. The van der Waals surface area contributed by atoms with Crippen LogP contribution >= 0.6 is 0 Å². The molecule has 2 N–H and O–H groups in total. The highest BCUT2D eigenvalue weighted by atomic mass is 19.3.